The molecule has 5 nitrogen and oxygen atoms in total. The largest absolute Gasteiger partial charge is 0.486 e. The van der Waals surface area contributed by atoms with Crippen LogP contribution in [0.25, 0.3) is 0 Å². The van der Waals surface area contributed by atoms with Crippen molar-refractivity contribution in [3.05, 3.63) is 21.7 Å². The van der Waals surface area contributed by atoms with E-state index in [1.54, 1.807) is 0 Å². The van der Waals surface area contributed by atoms with Crippen molar-refractivity contribution in [3.8, 4) is 11.5 Å². The highest BCUT2D eigenvalue weighted by Crippen LogP contribution is 2.45. The molecule has 0 radical (unpaired) electrons. The second kappa shape index (κ2) is 5.85. The van der Waals surface area contributed by atoms with Crippen LogP contribution in [0.1, 0.15) is 30.5 Å². The van der Waals surface area contributed by atoms with Gasteiger partial charge < -0.3 is 19.9 Å². The monoisotopic (exact) mass is 355 g/mol. The molecule has 3 rings (SSSR count). The number of aliphatic carboxylic acids is 1. The van der Waals surface area contributed by atoms with E-state index in [1.807, 2.05) is 6.07 Å². The van der Waals surface area contributed by atoms with Crippen molar-refractivity contribution in [2.24, 2.45) is 5.92 Å². The SMILES string of the molecule is CCc1c(C2CC(C(=O)O)CN2)cc(Br)c2c1OCCO2. The second-order valence-electron chi connectivity index (χ2n) is 5.37. The molecule has 21 heavy (non-hydrogen) atoms. The van der Waals surface area contributed by atoms with E-state index < -0.39 is 5.97 Å². The van der Waals surface area contributed by atoms with E-state index in [0.29, 0.717) is 26.2 Å². The summed E-state index contributed by atoms with van der Waals surface area (Å²) in [5.74, 6) is 0.495. The van der Waals surface area contributed by atoms with Gasteiger partial charge >= 0.3 is 5.97 Å². The van der Waals surface area contributed by atoms with Gasteiger partial charge in [-0.1, -0.05) is 6.92 Å². The molecule has 1 fully saturated rings. The van der Waals surface area contributed by atoms with Crippen molar-refractivity contribution in [3.63, 3.8) is 0 Å². The Labute approximate surface area is 131 Å². The summed E-state index contributed by atoms with van der Waals surface area (Å²) >= 11 is 3.54. The maximum absolute atomic E-state index is 11.1. The molecule has 2 aliphatic rings. The maximum Gasteiger partial charge on any atom is 0.307 e. The van der Waals surface area contributed by atoms with E-state index in [1.165, 1.54) is 0 Å². The third-order valence-electron chi connectivity index (χ3n) is 4.11. The van der Waals surface area contributed by atoms with Crippen LogP contribution in [0.3, 0.4) is 0 Å². The fraction of sp³-hybridized carbons (Fsp3) is 0.533. The van der Waals surface area contributed by atoms with E-state index in [9.17, 15) is 4.79 Å². The molecule has 114 valence electrons. The van der Waals surface area contributed by atoms with Crippen molar-refractivity contribution in [2.45, 2.75) is 25.8 Å². The van der Waals surface area contributed by atoms with E-state index in [2.05, 4.69) is 28.2 Å². The molecule has 0 saturated carbocycles. The van der Waals surface area contributed by atoms with Gasteiger partial charge in [0.25, 0.3) is 0 Å². The van der Waals surface area contributed by atoms with Gasteiger partial charge in [-0.25, -0.2) is 0 Å². The average Bonchev–Trinajstić information content (AvgIpc) is 2.97. The average molecular weight is 356 g/mol. The Kier molecular flexibility index (Phi) is 4.08. The molecule has 0 amide bonds. The Morgan fingerprint density at radius 3 is 2.76 bits per heavy atom. The molecule has 0 spiro atoms. The number of rotatable bonds is 3. The van der Waals surface area contributed by atoms with Crippen LogP contribution < -0.4 is 14.8 Å². The summed E-state index contributed by atoms with van der Waals surface area (Å²) in [5, 5.41) is 12.5. The lowest BCUT2D eigenvalue weighted by atomic mass is 9.93. The van der Waals surface area contributed by atoms with Crippen molar-refractivity contribution in [1.29, 1.82) is 0 Å². The van der Waals surface area contributed by atoms with E-state index in [-0.39, 0.29) is 12.0 Å². The predicted molar refractivity (Wildman–Crippen MR) is 81.0 cm³/mol. The first-order chi connectivity index (χ1) is 10.1. The van der Waals surface area contributed by atoms with Crippen LogP contribution in [0.5, 0.6) is 11.5 Å². The number of carboxylic acids is 1. The van der Waals surface area contributed by atoms with Crippen molar-refractivity contribution in [2.75, 3.05) is 19.8 Å². The van der Waals surface area contributed by atoms with Crippen LogP contribution in [-0.2, 0) is 11.2 Å². The quantitative estimate of drug-likeness (QED) is 0.871. The molecule has 2 aliphatic heterocycles. The van der Waals surface area contributed by atoms with Gasteiger partial charge in [0.05, 0.1) is 10.4 Å². The third-order valence-corrected chi connectivity index (χ3v) is 4.70. The number of carboxylic acid groups (broad SMARTS) is 1. The van der Waals surface area contributed by atoms with Gasteiger partial charge in [-0.05, 0) is 40.4 Å². The lowest BCUT2D eigenvalue weighted by molar-refractivity contribution is -0.141. The van der Waals surface area contributed by atoms with Crippen LogP contribution in [-0.4, -0.2) is 30.8 Å². The highest BCUT2D eigenvalue weighted by atomic mass is 79.9. The van der Waals surface area contributed by atoms with E-state index in [0.717, 1.165) is 33.5 Å². The summed E-state index contributed by atoms with van der Waals surface area (Å²) in [6.07, 6.45) is 1.43. The molecule has 1 aromatic carbocycles. The third kappa shape index (κ3) is 2.62. The molecule has 1 saturated heterocycles. The highest BCUT2D eigenvalue weighted by Gasteiger charge is 2.33. The van der Waals surface area contributed by atoms with Crippen molar-refractivity contribution < 1.29 is 19.4 Å². The minimum Gasteiger partial charge on any atom is -0.486 e. The molecule has 2 unspecified atom stereocenters. The first-order valence-electron chi connectivity index (χ1n) is 7.18. The zero-order valence-corrected chi connectivity index (χ0v) is 13.4. The van der Waals surface area contributed by atoms with Gasteiger partial charge in [-0.2, -0.15) is 0 Å². The van der Waals surface area contributed by atoms with Gasteiger partial charge in [0.1, 0.15) is 13.2 Å². The summed E-state index contributed by atoms with van der Waals surface area (Å²) in [6.45, 7) is 3.69. The van der Waals surface area contributed by atoms with Gasteiger partial charge in [0.2, 0.25) is 0 Å². The molecule has 6 heteroatoms. The normalized spacial score (nSPS) is 24.1. The first kappa shape index (κ1) is 14.7. The van der Waals surface area contributed by atoms with Crippen LogP contribution >= 0.6 is 15.9 Å². The van der Waals surface area contributed by atoms with Gasteiger partial charge in [0, 0.05) is 18.2 Å². The van der Waals surface area contributed by atoms with Crippen LogP contribution in [0.4, 0.5) is 0 Å². The fourth-order valence-electron chi connectivity index (χ4n) is 3.08. The number of hydrogen-bond donors (Lipinski definition) is 2. The minimum absolute atomic E-state index is 0.0492. The molecule has 0 bridgehead atoms. The molecule has 0 aromatic heterocycles. The number of ether oxygens (including phenoxy) is 2. The lowest BCUT2D eigenvalue weighted by Crippen LogP contribution is -2.20. The smallest absolute Gasteiger partial charge is 0.307 e. The molecule has 2 N–H and O–H groups in total. The first-order valence-corrected chi connectivity index (χ1v) is 7.98. The number of hydrogen-bond acceptors (Lipinski definition) is 4. The van der Waals surface area contributed by atoms with Crippen molar-refractivity contribution in [1.82, 2.24) is 5.32 Å². The Balaban J connectivity index is 1.99. The summed E-state index contributed by atoms with van der Waals surface area (Å²) in [5.41, 5.74) is 2.22. The molecule has 2 atom stereocenters. The van der Waals surface area contributed by atoms with Gasteiger partial charge in [-0.15, -0.1) is 0 Å². The lowest BCUT2D eigenvalue weighted by Gasteiger charge is -2.26. The summed E-state index contributed by atoms with van der Waals surface area (Å²) < 4.78 is 12.4. The van der Waals surface area contributed by atoms with E-state index >= 15 is 0 Å². The van der Waals surface area contributed by atoms with Crippen LogP contribution in [0, 0.1) is 5.92 Å². The van der Waals surface area contributed by atoms with Crippen molar-refractivity contribution >= 4 is 21.9 Å². The summed E-state index contributed by atoms with van der Waals surface area (Å²) in [4.78, 5) is 11.1. The Morgan fingerprint density at radius 1 is 1.43 bits per heavy atom. The number of fused-ring (bicyclic) bond motifs is 1. The Morgan fingerprint density at radius 2 is 2.14 bits per heavy atom. The summed E-state index contributed by atoms with van der Waals surface area (Å²) in [7, 11) is 0. The van der Waals surface area contributed by atoms with Gasteiger partial charge in [0.15, 0.2) is 11.5 Å². The number of halogens is 1. The number of carbonyl (C=O) groups is 1. The standard InChI is InChI=1S/C15H18BrNO4/c1-2-9-10(12-5-8(7-17-12)15(18)19)6-11(16)14-13(9)20-3-4-21-14/h6,8,12,17H,2-5,7H2,1H3,(H,18,19). The zero-order valence-electron chi connectivity index (χ0n) is 11.8. The highest BCUT2D eigenvalue weighted by molar-refractivity contribution is 9.10. The number of benzene rings is 1. The molecule has 1 aromatic rings. The second-order valence-corrected chi connectivity index (χ2v) is 6.22. The molecule has 0 aliphatic carbocycles. The Bertz CT molecular complexity index is 575. The van der Waals surface area contributed by atoms with E-state index in [4.69, 9.17) is 14.6 Å². The van der Waals surface area contributed by atoms with Crippen LogP contribution in [0.2, 0.25) is 0 Å². The maximum atomic E-state index is 11.1. The summed E-state index contributed by atoms with van der Waals surface area (Å²) in [6, 6.07) is 2.09. The molecule has 2 heterocycles. The Hall–Kier alpha value is -1.27. The number of nitrogens with one attached hydrogen (secondary N) is 1. The van der Waals surface area contributed by atoms with Gasteiger partial charge in [-0.3, -0.25) is 4.79 Å². The predicted octanol–water partition coefficient (Wildman–Crippen LogP) is 2.52. The fourth-order valence-corrected chi connectivity index (χ4v) is 3.62. The zero-order chi connectivity index (χ0) is 15.0. The topological polar surface area (TPSA) is 67.8 Å². The molecular weight excluding hydrogens is 338 g/mol. The van der Waals surface area contributed by atoms with Crippen LogP contribution in [0.15, 0.2) is 10.5 Å². The minimum atomic E-state index is -0.736. The molecular formula is C15H18BrNO4.